The minimum atomic E-state index is -3.12. The maximum absolute atomic E-state index is 12.6. The first-order chi connectivity index (χ1) is 12.9. The van der Waals surface area contributed by atoms with Gasteiger partial charge in [0.25, 0.3) is 0 Å². The van der Waals surface area contributed by atoms with E-state index in [2.05, 4.69) is 10.6 Å². The maximum Gasteiger partial charge on any atom is 0.315 e. The first kappa shape index (κ1) is 19.5. The Balaban J connectivity index is 1.24. The molecule has 0 aromatic carbocycles. The van der Waals surface area contributed by atoms with E-state index in [1.165, 1.54) is 19.3 Å². The number of urea groups is 1. The number of nitrogens with zero attached hydrogens (tertiary/aromatic N) is 1. The number of hydrogen-bond donors (Lipinski definition) is 2. The van der Waals surface area contributed by atoms with Crippen LogP contribution >= 0.6 is 0 Å². The molecular weight excluding hydrogens is 362 g/mol. The van der Waals surface area contributed by atoms with Gasteiger partial charge in [-0.1, -0.05) is 13.3 Å². The van der Waals surface area contributed by atoms with Crippen LogP contribution in [0.4, 0.5) is 4.79 Å². The number of carbonyl (C=O) groups is 1. The Morgan fingerprint density at radius 2 is 1.74 bits per heavy atom. The highest BCUT2D eigenvalue weighted by atomic mass is 32.2. The Labute approximate surface area is 163 Å². The second kappa shape index (κ2) is 7.54. The van der Waals surface area contributed by atoms with Gasteiger partial charge >= 0.3 is 6.03 Å². The van der Waals surface area contributed by atoms with Gasteiger partial charge in [0.2, 0.25) is 10.0 Å². The van der Waals surface area contributed by atoms with Crippen LogP contribution in [-0.4, -0.2) is 49.7 Å². The van der Waals surface area contributed by atoms with Gasteiger partial charge in [-0.3, -0.25) is 0 Å². The highest BCUT2D eigenvalue weighted by molar-refractivity contribution is 7.89. The molecule has 0 spiro atoms. The minimum Gasteiger partial charge on any atom is -0.338 e. The molecule has 2 amide bonds. The van der Waals surface area contributed by atoms with E-state index in [9.17, 15) is 13.2 Å². The zero-order valence-corrected chi connectivity index (χ0v) is 17.4. The van der Waals surface area contributed by atoms with Gasteiger partial charge in [-0.05, 0) is 75.0 Å². The maximum atomic E-state index is 12.6. The average Bonchev–Trinajstić information content (AvgIpc) is 3.06. The Morgan fingerprint density at radius 3 is 2.33 bits per heavy atom. The molecule has 154 valence electrons. The third-order valence-electron chi connectivity index (χ3n) is 7.37. The number of rotatable bonds is 7. The zero-order chi connectivity index (χ0) is 19.1. The lowest BCUT2D eigenvalue weighted by molar-refractivity contribution is -0.0135. The molecule has 7 heteroatoms. The summed E-state index contributed by atoms with van der Waals surface area (Å²) in [6.07, 6.45) is 10.0. The molecule has 4 aliphatic carbocycles. The van der Waals surface area contributed by atoms with E-state index >= 15 is 0 Å². The van der Waals surface area contributed by atoms with Crippen molar-refractivity contribution in [3.8, 4) is 0 Å². The summed E-state index contributed by atoms with van der Waals surface area (Å²) >= 11 is 0. The Bertz CT molecular complexity index is 628. The number of sulfonamides is 1. The zero-order valence-electron chi connectivity index (χ0n) is 16.6. The summed E-state index contributed by atoms with van der Waals surface area (Å²) in [6.45, 7) is 3.71. The van der Waals surface area contributed by atoms with Crippen LogP contribution in [0.5, 0.6) is 0 Å². The number of hydrogen-bond acceptors (Lipinski definition) is 3. The van der Waals surface area contributed by atoms with E-state index in [1.807, 2.05) is 6.92 Å². The molecule has 6 nitrogen and oxygen atoms in total. The van der Waals surface area contributed by atoms with Crippen LogP contribution in [0.2, 0.25) is 0 Å². The third kappa shape index (κ3) is 4.29. The monoisotopic (exact) mass is 397 g/mol. The van der Waals surface area contributed by atoms with E-state index in [-0.39, 0.29) is 23.2 Å². The fourth-order valence-electron chi connectivity index (χ4n) is 6.46. The van der Waals surface area contributed by atoms with Crippen molar-refractivity contribution >= 4 is 16.1 Å². The highest BCUT2D eigenvalue weighted by Gasteiger charge is 2.51. The normalized spacial score (nSPS) is 38.3. The van der Waals surface area contributed by atoms with Crippen LogP contribution in [-0.2, 0) is 10.0 Å². The van der Waals surface area contributed by atoms with Gasteiger partial charge < -0.3 is 10.6 Å². The number of nitrogens with one attached hydrogen (secondary N) is 2. The first-order valence-electron chi connectivity index (χ1n) is 10.9. The predicted molar refractivity (Wildman–Crippen MR) is 106 cm³/mol. The SMILES string of the molecule is CCCCS(=O)(=O)N1CCC(CNC(=O)NC23CC4CC(CC(C4)C2)C3)C1. The van der Waals surface area contributed by atoms with Crippen molar-refractivity contribution < 1.29 is 13.2 Å². The van der Waals surface area contributed by atoms with Crippen molar-refractivity contribution in [2.24, 2.45) is 23.7 Å². The van der Waals surface area contributed by atoms with Crippen molar-refractivity contribution in [1.29, 1.82) is 0 Å². The molecule has 1 heterocycles. The molecule has 1 aliphatic heterocycles. The average molecular weight is 398 g/mol. The van der Waals surface area contributed by atoms with Crippen molar-refractivity contribution in [3.05, 3.63) is 0 Å². The molecule has 5 aliphatic rings. The predicted octanol–water partition coefficient (Wildman–Crippen LogP) is 2.71. The Morgan fingerprint density at radius 1 is 1.11 bits per heavy atom. The summed E-state index contributed by atoms with van der Waals surface area (Å²) < 4.78 is 26.3. The van der Waals surface area contributed by atoms with Gasteiger partial charge in [0.15, 0.2) is 0 Å². The molecule has 0 aromatic heterocycles. The van der Waals surface area contributed by atoms with E-state index in [1.54, 1.807) is 4.31 Å². The van der Waals surface area contributed by atoms with Gasteiger partial charge in [0.1, 0.15) is 0 Å². The summed E-state index contributed by atoms with van der Waals surface area (Å²) in [4.78, 5) is 12.6. The van der Waals surface area contributed by atoms with Crippen molar-refractivity contribution in [2.75, 3.05) is 25.4 Å². The number of unbranched alkanes of at least 4 members (excludes halogenated alkanes) is 1. The van der Waals surface area contributed by atoms with Crippen molar-refractivity contribution in [2.45, 2.75) is 70.3 Å². The molecule has 27 heavy (non-hydrogen) atoms. The van der Waals surface area contributed by atoms with Crippen LogP contribution in [0.3, 0.4) is 0 Å². The summed E-state index contributed by atoms with van der Waals surface area (Å²) in [6, 6.07) is -0.0516. The summed E-state index contributed by atoms with van der Waals surface area (Å²) in [7, 11) is -3.12. The van der Waals surface area contributed by atoms with Gasteiger partial charge in [-0.25, -0.2) is 17.5 Å². The van der Waals surface area contributed by atoms with Crippen LogP contribution < -0.4 is 10.6 Å². The minimum absolute atomic E-state index is 0.0318. The topological polar surface area (TPSA) is 78.5 Å². The van der Waals surface area contributed by atoms with Crippen LogP contribution in [0.25, 0.3) is 0 Å². The van der Waals surface area contributed by atoms with Crippen molar-refractivity contribution in [1.82, 2.24) is 14.9 Å². The third-order valence-corrected chi connectivity index (χ3v) is 9.29. The Hall–Kier alpha value is -0.820. The fraction of sp³-hybridized carbons (Fsp3) is 0.950. The smallest absolute Gasteiger partial charge is 0.315 e. The molecule has 0 radical (unpaired) electrons. The molecule has 4 saturated carbocycles. The molecule has 4 bridgehead atoms. The lowest BCUT2D eigenvalue weighted by atomic mass is 9.53. The number of carbonyl (C=O) groups excluding carboxylic acids is 1. The molecule has 0 aromatic rings. The lowest BCUT2D eigenvalue weighted by Gasteiger charge is -2.56. The van der Waals surface area contributed by atoms with Crippen molar-refractivity contribution in [3.63, 3.8) is 0 Å². The quantitative estimate of drug-likeness (QED) is 0.693. The van der Waals surface area contributed by atoms with Gasteiger partial charge in [0, 0.05) is 25.2 Å². The van der Waals surface area contributed by atoms with Gasteiger partial charge in [-0.15, -0.1) is 0 Å². The van der Waals surface area contributed by atoms with Crippen LogP contribution in [0, 0.1) is 23.7 Å². The fourth-order valence-corrected chi connectivity index (χ4v) is 8.19. The largest absolute Gasteiger partial charge is 0.338 e. The molecule has 5 rings (SSSR count). The van der Waals surface area contributed by atoms with E-state index in [4.69, 9.17) is 0 Å². The van der Waals surface area contributed by atoms with Crippen LogP contribution in [0.15, 0.2) is 0 Å². The van der Waals surface area contributed by atoms with Gasteiger partial charge in [-0.2, -0.15) is 0 Å². The second-order valence-corrected chi connectivity index (χ2v) is 11.8. The molecule has 2 N–H and O–H groups in total. The first-order valence-corrected chi connectivity index (χ1v) is 12.5. The summed E-state index contributed by atoms with van der Waals surface area (Å²) in [5.74, 6) is 2.91. The molecule has 1 atom stereocenters. The van der Waals surface area contributed by atoms with Crippen LogP contribution in [0.1, 0.15) is 64.7 Å². The highest BCUT2D eigenvalue weighted by Crippen LogP contribution is 2.55. The second-order valence-electron chi connectivity index (χ2n) is 9.72. The molecule has 5 fully saturated rings. The summed E-state index contributed by atoms with van der Waals surface area (Å²) in [5, 5.41) is 6.38. The molecular formula is C20H35N3O3S. The van der Waals surface area contributed by atoms with E-state index in [0.29, 0.717) is 19.6 Å². The van der Waals surface area contributed by atoms with E-state index < -0.39 is 10.0 Å². The standard InChI is InChI=1S/C20H35N3O3S/c1-2-3-6-27(25,26)23-5-4-15(14-23)13-21-19(24)22-20-10-16-7-17(11-20)9-18(8-16)12-20/h15-18H,2-14H2,1H3,(H2,21,22,24). The molecule has 1 saturated heterocycles. The molecule has 1 unspecified atom stereocenters. The van der Waals surface area contributed by atoms with E-state index in [0.717, 1.165) is 56.3 Å². The van der Waals surface area contributed by atoms with Gasteiger partial charge in [0.05, 0.1) is 5.75 Å². The number of amides is 2. The summed E-state index contributed by atoms with van der Waals surface area (Å²) in [5.41, 5.74) is 0.0318. The Kier molecular flexibility index (Phi) is 5.45. The lowest BCUT2D eigenvalue weighted by Crippen LogP contribution is -2.61.